The second kappa shape index (κ2) is 9.32. The van der Waals surface area contributed by atoms with E-state index in [1.54, 1.807) is 21.8 Å². The van der Waals surface area contributed by atoms with E-state index in [-0.39, 0.29) is 41.0 Å². The maximum atomic E-state index is 13.4. The van der Waals surface area contributed by atoms with Gasteiger partial charge in [-0.15, -0.1) is 0 Å². The number of nitrogens with zero attached hydrogens (tertiary/aromatic N) is 6. The molecule has 39 heavy (non-hydrogen) atoms. The Kier molecular flexibility index (Phi) is 6.36. The maximum Gasteiger partial charge on any atom is 0.416 e. The van der Waals surface area contributed by atoms with Gasteiger partial charge in [0.05, 0.1) is 24.3 Å². The molecule has 12 heteroatoms. The summed E-state index contributed by atoms with van der Waals surface area (Å²) in [6.07, 6.45) is 0.626. The molecule has 3 aromatic rings. The Bertz CT molecular complexity index is 1440. The van der Waals surface area contributed by atoms with Crippen LogP contribution in [0.4, 0.5) is 23.8 Å². The lowest BCUT2D eigenvalue weighted by Gasteiger charge is -2.45. The van der Waals surface area contributed by atoms with Gasteiger partial charge in [0.2, 0.25) is 0 Å². The van der Waals surface area contributed by atoms with Crippen LogP contribution >= 0.6 is 0 Å². The lowest BCUT2D eigenvalue weighted by molar-refractivity contribution is -0.138. The van der Waals surface area contributed by atoms with Gasteiger partial charge < -0.3 is 15.4 Å². The molecule has 1 aromatic carbocycles. The molecule has 2 aliphatic rings. The monoisotopic (exact) mass is 541 g/mol. The number of alkyl halides is 3. The summed E-state index contributed by atoms with van der Waals surface area (Å²) in [5, 5.41) is 18.7. The second-order valence-electron chi connectivity index (χ2n) is 11.5. The van der Waals surface area contributed by atoms with Crippen LogP contribution in [0.1, 0.15) is 62.8 Å². The molecule has 2 N–H and O–H groups in total. The Morgan fingerprint density at radius 2 is 1.97 bits per heavy atom. The minimum Gasteiger partial charge on any atom is -0.444 e. The molecule has 1 amide bonds. The predicted octanol–water partition coefficient (Wildman–Crippen LogP) is 5.23. The molecule has 0 atom stereocenters. The molecule has 1 spiro atoms. The number of likely N-dealkylation sites (tertiary alicyclic amines) is 1. The summed E-state index contributed by atoms with van der Waals surface area (Å²) in [6, 6.07) is 7.44. The molecule has 1 saturated carbocycles. The standard InChI is InChI=1S/C27H30F3N7O2/c1-25(2,3)39-24(38)35-9-8-26(16-35)10-19(11-26)37-23(32)20(12-31)22(34-37)18-13-33-36(15-18)14-17-6-4-5-7-21(17)27(28,29)30/h4-7,13,15,19H,8-11,14,16,32H2,1-3H3/t19-,26-. The third-order valence-electron chi connectivity index (χ3n) is 7.39. The van der Waals surface area contributed by atoms with Gasteiger partial charge in [0.1, 0.15) is 28.7 Å². The first-order chi connectivity index (χ1) is 18.3. The molecule has 0 radical (unpaired) electrons. The van der Waals surface area contributed by atoms with Crippen molar-refractivity contribution in [1.82, 2.24) is 24.5 Å². The van der Waals surface area contributed by atoms with Crippen LogP contribution in [0.3, 0.4) is 0 Å². The van der Waals surface area contributed by atoms with Gasteiger partial charge >= 0.3 is 12.3 Å². The largest absolute Gasteiger partial charge is 0.444 e. The summed E-state index contributed by atoms with van der Waals surface area (Å²) in [4.78, 5) is 14.2. The number of nitriles is 1. The van der Waals surface area contributed by atoms with E-state index in [0.717, 1.165) is 25.3 Å². The van der Waals surface area contributed by atoms with Crippen molar-refractivity contribution in [3.63, 3.8) is 0 Å². The predicted molar refractivity (Wildman–Crippen MR) is 136 cm³/mol. The number of aromatic nitrogens is 4. The lowest BCUT2D eigenvalue weighted by atomic mass is 9.65. The molecule has 5 rings (SSSR count). The fraction of sp³-hybridized carbons (Fsp3) is 0.481. The van der Waals surface area contributed by atoms with Gasteiger partial charge in [0, 0.05) is 24.8 Å². The highest BCUT2D eigenvalue weighted by atomic mass is 19.4. The number of nitrogen functional groups attached to an aromatic ring is 1. The van der Waals surface area contributed by atoms with Gasteiger partial charge in [-0.05, 0) is 57.1 Å². The van der Waals surface area contributed by atoms with Gasteiger partial charge in [0.25, 0.3) is 0 Å². The first-order valence-corrected chi connectivity index (χ1v) is 12.7. The average Bonchev–Trinajstić information content (AvgIpc) is 3.54. The number of hydrogen-bond donors (Lipinski definition) is 1. The van der Waals surface area contributed by atoms with Crippen molar-refractivity contribution in [1.29, 1.82) is 5.26 Å². The molecule has 2 fully saturated rings. The Balaban J connectivity index is 1.31. The molecule has 3 heterocycles. The number of rotatable bonds is 4. The number of carbonyl (C=O) groups excluding carboxylic acids is 1. The number of hydrogen-bond acceptors (Lipinski definition) is 6. The highest BCUT2D eigenvalue weighted by Crippen LogP contribution is 2.55. The molecule has 9 nitrogen and oxygen atoms in total. The summed E-state index contributed by atoms with van der Waals surface area (Å²) < 4.78 is 48.8. The average molecular weight is 542 g/mol. The zero-order valence-corrected chi connectivity index (χ0v) is 22.0. The van der Waals surface area contributed by atoms with Crippen LogP contribution in [0.2, 0.25) is 0 Å². The van der Waals surface area contributed by atoms with Crippen molar-refractivity contribution < 1.29 is 22.7 Å². The fourth-order valence-electron chi connectivity index (χ4n) is 5.58. The topological polar surface area (TPSA) is 115 Å². The molecule has 206 valence electrons. The quantitative estimate of drug-likeness (QED) is 0.484. The van der Waals surface area contributed by atoms with Gasteiger partial charge in [-0.1, -0.05) is 18.2 Å². The van der Waals surface area contributed by atoms with Crippen molar-refractivity contribution in [2.45, 2.75) is 64.4 Å². The van der Waals surface area contributed by atoms with Crippen LogP contribution in [0.15, 0.2) is 36.7 Å². The zero-order chi connectivity index (χ0) is 28.2. The summed E-state index contributed by atoms with van der Waals surface area (Å²) in [6.45, 7) is 6.66. The number of anilines is 1. The number of halogens is 3. The highest BCUT2D eigenvalue weighted by Gasteiger charge is 2.51. The summed E-state index contributed by atoms with van der Waals surface area (Å²) in [5.74, 6) is 0.240. The molecule has 1 saturated heterocycles. The van der Waals surface area contributed by atoms with Crippen LogP contribution in [0.25, 0.3) is 11.3 Å². The van der Waals surface area contributed by atoms with E-state index in [4.69, 9.17) is 10.5 Å². The number of amides is 1. The minimum absolute atomic E-state index is 0.0295. The van der Waals surface area contributed by atoms with Crippen LogP contribution in [-0.2, 0) is 17.5 Å². The van der Waals surface area contributed by atoms with Gasteiger partial charge in [0.15, 0.2) is 0 Å². The Labute approximate surface area is 223 Å². The molecular formula is C27H30F3N7O2. The van der Waals surface area contributed by atoms with Crippen LogP contribution < -0.4 is 5.73 Å². The number of ether oxygens (including phenoxy) is 1. The van der Waals surface area contributed by atoms with Crippen molar-refractivity contribution in [2.24, 2.45) is 5.41 Å². The summed E-state index contributed by atoms with van der Waals surface area (Å²) >= 11 is 0. The third-order valence-corrected chi connectivity index (χ3v) is 7.39. The molecular weight excluding hydrogens is 511 g/mol. The summed E-state index contributed by atoms with van der Waals surface area (Å²) in [5.41, 5.74) is 6.14. The third kappa shape index (κ3) is 5.17. The Morgan fingerprint density at radius 1 is 1.26 bits per heavy atom. The lowest BCUT2D eigenvalue weighted by Crippen LogP contribution is -2.43. The Hall–Kier alpha value is -4.01. The SMILES string of the molecule is CC(C)(C)OC(=O)N1CC[C@]2(C1)C[C@H](n1nc(-c3cnn(Cc4ccccc4C(F)(F)F)c3)c(C#N)c1N)C2. The van der Waals surface area contributed by atoms with E-state index >= 15 is 0 Å². The Morgan fingerprint density at radius 3 is 2.64 bits per heavy atom. The van der Waals surface area contributed by atoms with Gasteiger partial charge in [-0.3, -0.25) is 4.68 Å². The maximum absolute atomic E-state index is 13.4. The van der Waals surface area contributed by atoms with E-state index in [2.05, 4.69) is 16.3 Å². The van der Waals surface area contributed by atoms with Crippen molar-refractivity contribution >= 4 is 11.9 Å². The van der Waals surface area contributed by atoms with Crippen LogP contribution in [-0.4, -0.2) is 49.2 Å². The van der Waals surface area contributed by atoms with E-state index in [9.17, 15) is 23.2 Å². The van der Waals surface area contributed by atoms with Gasteiger partial charge in [-0.2, -0.15) is 28.6 Å². The molecule has 0 unspecified atom stereocenters. The molecule has 1 aliphatic heterocycles. The summed E-state index contributed by atoms with van der Waals surface area (Å²) in [7, 11) is 0. The molecule has 2 aromatic heterocycles. The first-order valence-electron chi connectivity index (χ1n) is 12.7. The number of carbonyl (C=O) groups is 1. The van der Waals surface area contributed by atoms with Crippen LogP contribution in [0.5, 0.6) is 0 Å². The van der Waals surface area contributed by atoms with Crippen molar-refractivity contribution in [2.75, 3.05) is 18.8 Å². The number of nitrogens with two attached hydrogens (primary N) is 1. The molecule has 0 bridgehead atoms. The van der Waals surface area contributed by atoms with E-state index in [1.165, 1.54) is 23.0 Å². The smallest absolute Gasteiger partial charge is 0.416 e. The van der Waals surface area contributed by atoms with E-state index in [0.29, 0.717) is 24.3 Å². The van der Waals surface area contributed by atoms with E-state index < -0.39 is 17.3 Å². The molecule has 1 aliphatic carbocycles. The van der Waals surface area contributed by atoms with Crippen molar-refractivity contribution in [3.05, 3.63) is 53.3 Å². The minimum atomic E-state index is -4.48. The number of benzene rings is 1. The van der Waals surface area contributed by atoms with Crippen molar-refractivity contribution in [3.8, 4) is 17.3 Å². The van der Waals surface area contributed by atoms with E-state index in [1.807, 2.05) is 20.8 Å². The second-order valence-corrected chi connectivity index (χ2v) is 11.5. The van der Waals surface area contributed by atoms with Gasteiger partial charge in [-0.25, -0.2) is 9.48 Å². The van der Waals surface area contributed by atoms with Crippen LogP contribution in [0, 0.1) is 16.7 Å². The first kappa shape index (κ1) is 26.6. The fourth-order valence-corrected chi connectivity index (χ4v) is 5.58. The zero-order valence-electron chi connectivity index (χ0n) is 22.0. The normalized spacial score (nSPS) is 21.2. The highest BCUT2D eigenvalue weighted by molar-refractivity contribution is 5.72.